The number of ether oxygens (including phenoxy) is 1. The van der Waals surface area contributed by atoms with Crippen LogP contribution in [0.4, 0.5) is 0 Å². The summed E-state index contributed by atoms with van der Waals surface area (Å²) in [6.07, 6.45) is 0. The molecule has 4 nitrogen and oxygen atoms in total. The number of phenolic OH excluding ortho intramolecular Hbond substituents is 1. The van der Waals surface area contributed by atoms with E-state index in [0.29, 0.717) is 21.8 Å². The van der Waals surface area contributed by atoms with Gasteiger partial charge in [-0.1, -0.05) is 11.8 Å². The molecule has 3 rings (SSSR count). The molecule has 5 heteroatoms. The molecule has 0 atom stereocenters. The van der Waals surface area contributed by atoms with Crippen molar-refractivity contribution in [2.45, 2.75) is 9.99 Å². The molecule has 21 heavy (non-hydrogen) atoms. The summed E-state index contributed by atoms with van der Waals surface area (Å²) < 4.78 is 10.8. The van der Waals surface area contributed by atoms with Crippen molar-refractivity contribution < 1.29 is 14.3 Å². The first-order valence-electron chi connectivity index (χ1n) is 6.24. The Morgan fingerprint density at radius 3 is 2.57 bits per heavy atom. The second kappa shape index (κ2) is 5.54. The van der Waals surface area contributed by atoms with Crippen LogP contribution in [0.3, 0.4) is 0 Å². The molecular formula is C16H12O4S. The van der Waals surface area contributed by atoms with Gasteiger partial charge in [0.1, 0.15) is 17.1 Å². The summed E-state index contributed by atoms with van der Waals surface area (Å²) in [6, 6.07) is 13.3. The van der Waals surface area contributed by atoms with Gasteiger partial charge in [-0.05, 0) is 42.5 Å². The lowest BCUT2D eigenvalue weighted by Gasteiger charge is -2.04. The van der Waals surface area contributed by atoms with E-state index in [9.17, 15) is 9.90 Å². The standard InChI is InChI=1S/C16H12O4S/c1-19-11-4-7-15-13(8-11)14(18)9-16(20-15)21-12-5-2-10(17)3-6-12/h2-9,17H,1H3. The van der Waals surface area contributed by atoms with E-state index in [0.717, 1.165) is 4.90 Å². The first kappa shape index (κ1) is 13.6. The van der Waals surface area contributed by atoms with Gasteiger partial charge in [0.25, 0.3) is 0 Å². The van der Waals surface area contributed by atoms with Gasteiger partial charge < -0.3 is 14.3 Å². The number of fused-ring (bicyclic) bond motifs is 1. The highest BCUT2D eigenvalue weighted by Gasteiger charge is 2.07. The molecule has 106 valence electrons. The Morgan fingerprint density at radius 2 is 1.86 bits per heavy atom. The van der Waals surface area contributed by atoms with E-state index in [1.54, 1.807) is 49.6 Å². The van der Waals surface area contributed by atoms with Gasteiger partial charge >= 0.3 is 0 Å². The summed E-state index contributed by atoms with van der Waals surface area (Å²) in [5.74, 6) is 0.820. The maximum atomic E-state index is 12.1. The van der Waals surface area contributed by atoms with Crippen molar-refractivity contribution in [2.24, 2.45) is 0 Å². The Balaban J connectivity index is 2.00. The highest BCUT2D eigenvalue weighted by Crippen LogP contribution is 2.30. The van der Waals surface area contributed by atoms with Crippen molar-refractivity contribution in [2.75, 3.05) is 7.11 Å². The largest absolute Gasteiger partial charge is 0.508 e. The van der Waals surface area contributed by atoms with Crippen LogP contribution >= 0.6 is 11.8 Å². The summed E-state index contributed by atoms with van der Waals surface area (Å²) in [6.45, 7) is 0. The average Bonchev–Trinajstić information content (AvgIpc) is 2.49. The zero-order valence-electron chi connectivity index (χ0n) is 11.2. The van der Waals surface area contributed by atoms with Crippen LogP contribution in [0, 0.1) is 0 Å². The highest BCUT2D eigenvalue weighted by molar-refractivity contribution is 7.99. The first-order valence-corrected chi connectivity index (χ1v) is 7.06. The van der Waals surface area contributed by atoms with Gasteiger partial charge in [0, 0.05) is 11.0 Å². The number of rotatable bonds is 3. The van der Waals surface area contributed by atoms with Crippen LogP contribution < -0.4 is 10.2 Å². The molecule has 3 aromatic rings. The van der Waals surface area contributed by atoms with E-state index < -0.39 is 0 Å². The van der Waals surface area contributed by atoms with Crippen LogP contribution in [-0.2, 0) is 0 Å². The van der Waals surface area contributed by atoms with Gasteiger partial charge in [0.05, 0.1) is 12.5 Å². The lowest BCUT2D eigenvalue weighted by atomic mass is 10.2. The molecule has 0 fully saturated rings. The molecule has 2 aromatic carbocycles. The second-order valence-electron chi connectivity index (χ2n) is 4.39. The predicted molar refractivity (Wildman–Crippen MR) is 81.3 cm³/mol. The molecular weight excluding hydrogens is 288 g/mol. The van der Waals surface area contributed by atoms with Gasteiger partial charge in [-0.15, -0.1) is 0 Å². The molecule has 0 radical (unpaired) electrons. The maximum Gasteiger partial charge on any atom is 0.194 e. The Morgan fingerprint density at radius 1 is 1.10 bits per heavy atom. The number of hydrogen-bond donors (Lipinski definition) is 1. The minimum absolute atomic E-state index is 0.114. The summed E-state index contributed by atoms with van der Waals surface area (Å²) >= 11 is 1.33. The van der Waals surface area contributed by atoms with Crippen LogP contribution in [0.15, 0.2) is 67.7 Å². The topological polar surface area (TPSA) is 59.7 Å². The molecule has 0 amide bonds. The predicted octanol–water partition coefficient (Wildman–Crippen LogP) is 3.66. The fraction of sp³-hybridized carbons (Fsp3) is 0.0625. The third-order valence-corrected chi connectivity index (χ3v) is 3.88. The molecule has 0 saturated heterocycles. The molecule has 0 bridgehead atoms. The normalized spacial score (nSPS) is 10.7. The molecule has 0 aliphatic carbocycles. The van der Waals surface area contributed by atoms with Crippen molar-refractivity contribution in [3.05, 3.63) is 58.8 Å². The van der Waals surface area contributed by atoms with Gasteiger partial charge in [0.2, 0.25) is 0 Å². The summed E-state index contributed by atoms with van der Waals surface area (Å²) in [5.41, 5.74) is 0.404. The molecule has 0 unspecified atom stereocenters. The molecule has 1 aromatic heterocycles. The van der Waals surface area contributed by atoms with E-state index >= 15 is 0 Å². The maximum absolute atomic E-state index is 12.1. The molecule has 0 aliphatic rings. The molecule has 1 heterocycles. The van der Waals surface area contributed by atoms with Crippen LogP contribution in [0.5, 0.6) is 11.5 Å². The van der Waals surface area contributed by atoms with E-state index in [4.69, 9.17) is 9.15 Å². The van der Waals surface area contributed by atoms with Crippen molar-refractivity contribution in [1.82, 2.24) is 0 Å². The summed E-state index contributed by atoms with van der Waals surface area (Å²) in [7, 11) is 1.55. The zero-order chi connectivity index (χ0) is 14.8. The lowest BCUT2D eigenvalue weighted by Crippen LogP contribution is -2.00. The smallest absolute Gasteiger partial charge is 0.194 e. The average molecular weight is 300 g/mol. The zero-order valence-corrected chi connectivity index (χ0v) is 12.0. The van der Waals surface area contributed by atoms with Crippen LogP contribution in [-0.4, -0.2) is 12.2 Å². The Labute approximate surface area is 125 Å². The highest BCUT2D eigenvalue weighted by atomic mass is 32.2. The van der Waals surface area contributed by atoms with Crippen molar-refractivity contribution in [3.8, 4) is 11.5 Å². The van der Waals surface area contributed by atoms with Crippen molar-refractivity contribution in [3.63, 3.8) is 0 Å². The number of benzene rings is 2. The molecule has 1 N–H and O–H groups in total. The van der Waals surface area contributed by atoms with Crippen LogP contribution in [0.1, 0.15) is 0 Å². The number of methoxy groups -OCH3 is 1. The van der Waals surface area contributed by atoms with Crippen molar-refractivity contribution >= 4 is 22.7 Å². The number of hydrogen-bond acceptors (Lipinski definition) is 5. The van der Waals surface area contributed by atoms with E-state index in [2.05, 4.69) is 0 Å². The SMILES string of the molecule is COc1ccc2oc(Sc3ccc(O)cc3)cc(=O)c2c1. The Hall–Kier alpha value is -2.40. The lowest BCUT2D eigenvalue weighted by molar-refractivity contribution is 0.414. The monoisotopic (exact) mass is 300 g/mol. The number of phenols is 1. The second-order valence-corrected chi connectivity index (χ2v) is 5.47. The minimum Gasteiger partial charge on any atom is -0.508 e. The Kier molecular flexibility index (Phi) is 3.58. The van der Waals surface area contributed by atoms with E-state index in [-0.39, 0.29) is 11.2 Å². The molecule has 0 aliphatic heterocycles. The van der Waals surface area contributed by atoms with E-state index in [1.165, 1.54) is 17.8 Å². The first-order chi connectivity index (χ1) is 10.2. The van der Waals surface area contributed by atoms with Gasteiger partial charge in [-0.2, -0.15) is 0 Å². The third-order valence-electron chi connectivity index (χ3n) is 2.97. The molecule has 0 saturated carbocycles. The minimum atomic E-state index is -0.114. The fourth-order valence-electron chi connectivity index (χ4n) is 1.92. The quantitative estimate of drug-likeness (QED) is 0.800. The van der Waals surface area contributed by atoms with Gasteiger partial charge in [-0.3, -0.25) is 4.79 Å². The molecule has 0 spiro atoms. The van der Waals surface area contributed by atoms with E-state index in [1.807, 2.05) is 0 Å². The Bertz CT molecular complexity index is 837. The van der Waals surface area contributed by atoms with Crippen molar-refractivity contribution in [1.29, 1.82) is 0 Å². The van der Waals surface area contributed by atoms with Gasteiger partial charge in [-0.25, -0.2) is 0 Å². The number of aromatic hydroxyl groups is 1. The fourth-order valence-corrected chi connectivity index (χ4v) is 2.72. The third kappa shape index (κ3) is 2.87. The summed E-state index contributed by atoms with van der Waals surface area (Å²) in [4.78, 5) is 13.0. The van der Waals surface area contributed by atoms with Crippen LogP contribution in [0.2, 0.25) is 0 Å². The van der Waals surface area contributed by atoms with Gasteiger partial charge in [0.15, 0.2) is 10.5 Å². The van der Waals surface area contributed by atoms with Crippen LogP contribution in [0.25, 0.3) is 11.0 Å². The summed E-state index contributed by atoms with van der Waals surface area (Å²) in [5, 5.41) is 10.3.